The van der Waals surface area contributed by atoms with Gasteiger partial charge in [-0.1, -0.05) is 30.3 Å². The molecule has 0 spiro atoms. The van der Waals surface area contributed by atoms with Crippen molar-refractivity contribution in [2.75, 3.05) is 13.1 Å². The van der Waals surface area contributed by atoms with Crippen LogP contribution in [-0.4, -0.2) is 13.1 Å². The molecule has 12 heavy (non-hydrogen) atoms. The second-order valence-electron chi connectivity index (χ2n) is 2.75. The average molecular weight is 185 g/mol. The highest BCUT2D eigenvalue weighted by Crippen LogP contribution is 2.10. The minimum atomic E-state index is 0. The summed E-state index contributed by atoms with van der Waals surface area (Å²) in [5, 5.41) is 6.72. The van der Waals surface area contributed by atoms with Crippen LogP contribution in [0.2, 0.25) is 0 Å². The Hall–Kier alpha value is -0.570. The summed E-state index contributed by atoms with van der Waals surface area (Å²) in [4.78, 5) is 0. The number of hydrogen-bond donors (Lipinski definition) is 2. The van der Waals surface area contributed by atoms with Gasteiger partial charge in [0, 0.05) is 13.1 Å². The van der Waals surface area contributed by atoms with Gasteiger partial charge in [0.1, 0.15) is 0 Å². The van der Waals surface area contributed by atoms with E-state index in [2.05, 4.69) is 34.9 Å². The average Bonchev–Trinajstić information content (AvgIpc) is 2.58. The largest absolute Gasteiger partial charge is 0.297 e. The summed E-state index contributed by atoms with van der Waals surface area (Å²) in [6.07, 6.45) is 0.371. The van der Waals surface area contributed by atoms with Crippen LogP contribution < -0.4 is 10.6 Å². The first kappa shape index (κ1) is 9.52. The van der Waals surface area contributed by atoms with Crippen LogP contribution in [0.15, 0.2) is 30.3 Å². The van der Waals surface area contributed by atoms with E-state index in [1.165, 1.54) is 5.56 Å². The number of halogens is 1. The van der Waals surface area contributed by atoms with Gasteiger partial charge in [-0.2, -0.15) is 0 Å². The zero-order valence-corrected chi connectivity index (χ0v) is 7.60. The van der Waals surface area contributed by atoms with Crippen molar-refractivity contribution >= 4 is 12.4 Å². The summed E-state index contributed by atoms with van der Waals surface area (Å²) in [5.74, 6) is 0. The highest BCUT2D eigenvalue weighted by atomic mass is 35.5. The van der Waals surface area contributed by atoms with Crippen LogP contribution in [-0.2, 0) is 0 Å². The van der Waals surface area contributed by atoms with Gasteiger partial charge >= 0.3 is 0 Å². The molecule has 0 radical (unpaired) electrons. The van der Waals surface area contributed by atoms with Crippen molar-refractivity contribution in [1.29, 1.82) is 0 Å². The van der Waals surface area contributed by atoms with Crippen molar-refractivity contribution in [3.05, 3.63) is 35.9 Å². The molecule has 1 fully saturated rings. The summed E-state index contributed by atoms with van der Waals surface area (Å²) in [5.41, 5.74) is 1.32. The minimum Gasteiger partial charge on any atom is -0.297 e. The molecule has 0 bridgehead atoms. The predicted octanol–water partition coefficient (Wildman–Crippen LogP) is 1.30. The number of hydrogen-bond acceptors (Lipinski definition) is 2. The summed E-state index contributed by atoms with van der Waals surface area (Å²) in [6.45, 7) is 2.14. The first-order valence-corrected chi connectivity index (χ1v) is 3.98. The molecule has 2 nitrogen and oxygen atoms in total. The van der Waals surface area contributed by atoms with Crippen molar-refractivity contribution in [2.45, 2.75) is 6.17 Å². The van der Waals surface area contributed by atoms with E-state index in [0.29, 0.717) is 6.17 Å². The molecule has 2 rings (SSSR count). The molecule has 0 saturated carbocycles. The SMILES string of the molecule is Cl.c1ccc(C2NCCN2)cc1. The van der Waals surface area contributed by atoms with Gasteiger partial charge in [-0.15, -0.1) is 12.4 Å². The standard InChI is InChI=1S/C9H12N2.ClH/c1-2-4-8(5-3-1)9-10-6-7-11-9;/h1-5,9-11H,6-7H2;1H. The molecular weight excluding hydrogens is 172 g/mol. The molecule has 3 heteroatoms. The quantitative estimate of drug-likeness (QED) is 0.688. The maximum absolute atomic E-state index is 3.36. The lowest BCUT2D eigenvalue weighted by atomic mass is 10.2. The van der Waals surface area contributed by atoms with Crippen molar-refractivity contribution in [3.63, 3.8) is 0 Å². The van der Waals surface area contributed by atoms with Gasteiger partial charge in [0.2, 0.25) is 0 Å². The van der Waals surface area contributed by atoms with Gasteiger partial charge in [0.15, 0.2) is 0 Å². The van der Waals surface area contributed by atoms with Gasteiger partial charge in [-0.3, -0.25) is 10.6 Å². The fraction of sp³-hybridized carbons (Fsp3) is 0.333. The molecular formula is C9H13ClN2. The lowest BCUT2D eigenvalue weighted by molar-refractivity contribution is 0.588. The number of rotatable bonds is 1. The van der Waals surface area contributed by atoms with Gasteiger partial charge < -0.3 is 0 Å². The Labute approximate surface area is 78.8 Å². The third kappa shape index (κ3) is 1.97. The predicted molar refractivity (Wildman–Crippen MR) is 52.4 cm³/mol. The van der Waals surface area contributed by atoms with Crippen LogP contribution in [0.25, 0.3) is 0 Å². The Balaban J connectivity index is 0.000000720. The Morgan fingerprint density at radius 3 is 2.17 bits per heavy atom. The van der Waals surface area contributed by atoms with E-state index in [-0.39, 0.29) is 12.4 Å². The fourth-order valence-corrected chi connectivity index (χ4v) is 1.39. The van der Waals surface area contributed by atoms with Gasteiger partial charge in [0.25, 0.3) is 0 Å². The van der Waals surface area contributed by atoms with E-state index in [9.17, 15) is 0 Å². The van der Waals surface area contributed by atoms with Crippen molar-refractivity contribution in [3.8, 4) is 0 Å². The maximum Gasteiger partial charge on any atom is 0.0836 e. The van der Waals surface area contributed by atoms with E-state index in [0.717, 1.165) is 13.1 Å². The zero-order chi connectivity index (χ0) is 7.52. The highest BCUT2D eigenvalue weighted by molar-refractivity contribution is 5.85. The first-order valence-electron chi connectivity index (χ1n) is 3.98. The smallest absolute Gasteiger partial charge is 0.0836 e. The van der Waals surface area contributed by atoms with Crippen LogP contribution in [0.5, 0.6) is 0 Å². The Bertz CT molecular complexity index is 219. The van der Waals surface area contributed by atoms with Crippen LogP contribution in [0.1, 0.15) is 11.7 Å². The van der Waals surface area contributed by atoms with E-state index in [1.807, 2.05) is 6.07 Å². The molecule has 1 aliphatic rings. The Morgan fingerprint density at radius 1 is 1.00 bits per heavy atom. The van der Waals surface area contributed by atoms with E-state index in [1.54, 1.807) is 0 Å². The highest BCUT2D eigenvalue weighted by Gasteiger charge is 2.13. The third-order valence-corrected chi connectivity index (χ3v) is 1.95. The van der Waals surface area contributed by atoms with E-state index >= 15 is 0 Å². The lowest BCUT2D eigenvalue weighted by Crippen LogP contribution is -2.20. The first-order chi connectivity index (χ1) is 5.47. The second-order valence-corrected chi connectivity index (χ2v) is 2.75. The normalized spacial score (nSPS) is 17.3. The van der Waals surface area contributed by atoms with Gasteiger partial charge in [-0.05, 0) is 5.56 Å². The van der Waals surface area contributed by atoms with Crippen molar-refractivity contribution in [1.82, 2.24) is 10.6 Å². The van der Waals surface area contributed by atoms with Gasteiger partial charge in [0.05, 0.1) is 6.17 Å². The molecule has 1 aliphatic heterocycles. The summed E-state index contributed by atoms with van der Waals surface area (Å²) >= 11 is 0. The van der Waals surface area contributed by atoms with Crippen LogP contribution >= 0.6 is 12.4 Å². The number of nitrogens with one attached hydrogen (secondary N) is 2. The molecule has 1 heterocycles. The summed E-state index contributed by atoms with van der Waals surface area (Å²) in [7, 11) is 0. The molecule has 1 aromatic rings. The van der Waals surface area contributed by atoms with Crippen LogP contribution in [0.4, 0.5) is 0 Å². The van der Waals surface area contributed by atoms with Gasteiger partial charge in [-0.25, -0.2) is 0 Å². The molecule has 1 aromatic carbocycles. The van der Waals surface area contributed by atoms with E-state index < -0.39 is 0 Å². The maximum atomic E-state index is 3.36. The molecule has 0 aliphatic carbocycles. The van der Waals surface area contributed by atoms with Crippen LogP contribution in [0.3, 0.4) is 0 Å². The zero-order valence-electron chi connectivity index (χ0n) is 6.79. The lowest BCUT2D eigenvalue weighted by Gasteiger charge is -2.09. The van der Waals surface area contributed by atoms with Crippen LogP contribution in [0, 0.1) is 0 Å². The minimum absolute atomic E-state index is 0. The molecule has 0 amide bonds. The molecule has 1 saturated heterocycles. The fourth-order valence-electron chi connectivity index (χ4n) is 1.39. The molecule has 0 atom stereocenters. The Kier molecular flexibility index (Phi) is 3.53. The molecule has 0 unspecified atom stereocenters. The van der Waals surface area contributed by atoms with Crippen molar-refractivity contribution in [2.24, 2.45) is 0 Å². The number of benzene rings is 1. The monoisotopic (exact) mass is 184 g/mol. The molecule has 0 aromatic heterocycles. The third-order valence-electron chi connectivity index (χ3n) is 1.95. The molecule has 2 N–H and O–H groups in total. The van der Waals surface area contributed by atoms with E-state index in [4.69, 9.17) is 0 Å². The summed E-state index contributed by atoms with van der Waals surface area (Å²) in [6, 6.07) is 10.4. The van der Waals surface area contributed by atoms with Crippen molar-refractivity contribution < 1.29 is 0 Å². The molecule has 66 valence electrons. The topological polar surface area (TPSA) is 24.1 Å². The Morgan fingerprint density at radius 2 is 1.58 bits per heavy atom. The second kappa shape index (κ2) is 4.45. The summed E-state index contributed by atoms with van der Waals surface area (Å²) < 4.78 is 0.